The smallest absolute Gasteiger partial charge is 0.247 e. The van der Waals surface area contributed by atoms with Gasteiger partial charge in [0, 0.05) is 28.3 Å². The number of nitrogens with one attached hydrogen (secondary N) is 1. The Morgan fingerprint density at radius 3 is 2.68 bits per heavy atom. The molecule has 3 aromatic heterocycles. The average Bonchev–Trinajstić information content (AvgIpc) is 3.50. The lowest BCUT2D eigenvalue weighted by Crippen LogP contribution is -2.01. The molecule has 0 saturated heterocycles. The monoisotopic (exact) mass is 511 g/mol. The fourth-order valence-corrected chi connectivity index (χ4v) is 4.69. The number of sulfone groups is 1. The van der Waals surface area contributed by atoms with Crippen LogP contribution in [0.5, 0.6) is 0 Å². The summed E-state index contributed by atoms with van der Waals surface area (Å²) in [7, 11) is -3.28. The summed E-state index contributed by atoms with van der Waals surface area (Å²) in [5, 5.41) is 17.6. The predicted octanol–water partition coefficient (Wildman–Crippen LogP) is 4.37. The van der Waals surface area contributed by atoms with Crippen molar-refractivity contribution in [2.45, 2.75) is 12.3 Å². The summed E-state index contributed by atoms with van der Waals surface area (Å²) >= 11 is 0. The molecule has 0 aliphatic heterocycles. The Balaban J connectivity index is 1.29. The standard InChI is InChI=1S/C26H21N7O3S/c1-37(34,35)15-24-31-32-26(36-24)18-7-9-22-21(12-18)25(28-16-27-22)30-20-8-10-23-19(11-20)13-29-33(23)14-17-5-3-2-4-6-17/h2-13,16H,14-15H2,1H3,(H,27,28,30). The molecule has 3 aromatic carbocycles. The van der Waals surface area contributed by atoms with Gasteiger partial charge >= 0.3 is 0 Å². The highest BCUT2D eigenvalue weighted by molar-refractivity contribution is 7.89. The first-order valence-corrected chi connectivity index (χ1v) is 13.5. The van der Waals surface area contributed by atoms with E-state index in [1.165, 1.54) is 11.9 Å². The van der Waals surface area contributed by atoms with E-state index in [0.717, 1.165) is 33.7 Å². The highest BCUT2D eigenvalue weighted by Crippen LogP contribution is 2.29. The second-order valence-electron chi connectivity index (χ2n) is 8.71. The first kappa shape index (κ1) is 22.8. The fraction of sp³-hybridized carbons (Fsp3) is 0.115. The second-order valence-corrected chi connectivity index (χ2v) is 10.9. The lowest BCUT2D eigenvalue weighted by molar-refractivity contribution is 0.519. The minimum absolute atomic E-state index is 0.0429. The number of aromatic nitrogens is 6. The number of nitrogens with zero attached hydrogens (tertiary/aromatic N) is 6. The first-order valence-electron chi connectivity index (χ1n) is 11.4. The maximum absolute atomic E-state index is 11.5. The Morgan fingerprint density at radius 1 is 0.973 bits per heavy atom. The van der Waals surface area contributed by atoms with Crippen molar-refractivity contribution in [3.05, 3.63) is 90.7 Å². The normalized spacial score (nSPS) is 11.8. The van der Waals surface area contributed by atoms with E-state index in [4.69, 9.17) is 4.42 Å². The molecular weight excluding hydrogens is 490 g/mol. The van der Waals surface area contributed by atoms with Crippen LogP contribution in [0.4, 0.5) is 11.5 Å². The van der Waals surface area contributed by atoms with Crippen molar-refractivity contribution in [1.82, 2.24) is 29.9 Å². The van der Waals surface area contributed by atoms with Crippen LogP contribution in [0.1, 0.15) is 11.5 Å². The number of anilines is 2. The van der Waals surface area contributed by atoms with Crippen LogP contribution in [0.3, 0.4) is 0 Å². The predicted molar refractivity (Wildman–Crippen MR) is 140 cm³/mol. The molecule has 6 rings (SSSR count). The van der Waals surface area contributed by atoms with E-state index in [-0.39, 0.29) is 17.5 Å². The molecule has 0 bridgehead atoms. The molecule has 0 fully saturated rings. The van der Waals surface area contributed by atoms with Gasteiger partial charge in [-0.15, -0.1) is 10.2 Å². The summed E-state index contributed by atoms with van der Waals surface area (Å²) in [6.07, 6.45) is 4.47. The third-order valence-electron chi connectivity index (χ3n) is 5.81. The van der Waals surface area contributed by atoms with Crippen LogP contribution in [-0.2, 0) is 22.1 Å². The zero-order chi connectivity index (χ0) is 25.4. The summed E-state index contributed by atoms with van der Waals surface area (Å²) in [4.78, 5) is 8.80. The van der Waals surface area contributed by atoms with Crippen LogP contribution in [0.25, 0.3) is 33.3 Å². The van der Waals surface area contributed by atoms with Crippen LogP contribution in [0.2, 0.25) is 0 Å². The SMILES string of the molecule is CS(=O)(=O)Cc1nnc(-c2ccc3ncnc(Nc4ccc5c(cnn5Cc5ccccc5)c4)c3c2)o1. The summed E-state index contributed by atoms with van der Waals surface area (Å²) < 4.78 is 30.6. The van der Waals surface area contributed by atoms with E-state index in [1.807, 2.05) is 59.4 Å². The van der Waals surface area contributed by atoms with Crippen LogP contribution in [-0.4, -0.2) is 44.6 Å². The average molecular weight is 512 g/mol. The summed E-state index contributed by atoms with van der Waals surface area (Å²) in [6, 6.07) is 21.7. The summed E-state index contributed by atoms with van der Waals surface area (Å²) in [5.74, 6) is 0.566. The maximum atomic E-state index is 11.5. The van der Waals surface area contributed by atoms with E-state index in [0.29, 0.717) is 17.9 Å². The van der Waals surface area contributed by atoms with Gasteiger partial charge in [-0.1, -0.05) is 30.3 Å². The molecule has 0 unspecified atom stereocenters. The molecule has 6 aromatic rings. The molecule has 10 nitrogen and oxygen atoms in total. The Hall–Kier alpha value is -4.64. The Morgan fingerprint density at radius 2 is 1.84 bits per heavy atom. The topological polar surface area (TPSA) is 129 Å². The fourth-order valence-electron chi connectivity index (χ4n) is 4.13. The van der Waals surface area contributed by atoms with Crippen molar-refractivity contribution in [3.63, 3.8) is 0 Å². The van der Waals surface area contributed by atoms with Gasteiger partial charge < -0.3 is 9.73 Å². The third kappa shape index (κ3) is 4.89. The quantitative estimate of drug-likeness (QED) is 0.332. The largest absolute Gasteiger partial charge is 0.420 e. The van der Waals surface area contributed by atoms with Crippen molar-refractivity contribution in [1.29, 1.82) is 0 Å². The Labute approximate surface area is 211 Å². The van der Waals surface area contributed by atoms with Gasteiger partial charge in [0.1, 0.15) is 17.9 Å². The van der Waals surface area contributed by atoms with Gasteiger partial charge in [-0.2, -0.15) is 5.10 Å². The minimum atomic E-state index is -3.28. The van der Waals surface area contributed by atoms with E-state index in [1.54, 1.807) is 6.07 Å². The van der Waals surface area contributed by atoms with Crippen LogP contribution in [0.15, 0.2) is 83.7 Å². The lowest BCUT2D eigenvalue weighted by Gasteiger charge is -2.10. The van der Waals surface area contributed by atoms with Crippen molar-refractivity contribution < 1.29 is 12.8 Å². The molecule has 184 valence electrons. The molecule has 37 heavy (non-hydrogen) atoms. The van der Waals surface area contributed by atoms with Crippen LogP contribution < -0.4 is 5.32 Å². The maximum Gasteiger partial charge on any atom is 0.247 e. The zero-order valence-electron chi connectivity index (χ0n) is 19.7. The molecule has 0 aliphatic rings. The Kier molecular flexibility index (Phi) is 5.61. The Bertz CT molecular complexity index is 1850. The first-order chi connectivity index (χ1) is 17.9. The minimum Gasteiger partial charge on any atom is -0.420 e. The van der Waals surface area contributed by atoms with Crippen LogP contribution in [0, 0.1) is 0 Å². The molecule has 1 N–H and O–H groups in total. The van der Waals surface area contributed by atoms with Crippen molar-refractivity contribution in [2.75, 3.05) is 11.6 Å². The molecule has 11 heteroatoms. The second kappa shape index (κ2) is 9.10. The van der Waals surface area contributed by atoms with E-state index >= 15 is 0 Å². The van der Waals surface area contributed by atoms with Gasteiger partial charge in [0.2, 0.25) is 11.8 Å². The van der Waals surface area contributed by atoms with Crippen molar-refractivity contribution in [3.8, 4) is 11.5 Å². The molecule has 0 aliphatic carbocycles. The zero-order valence-corrected chi connectivity index (χ0v) is 20.6. The van der Waals surface area contributed by atoms with Gasteiger partial charge in [-0.05, 0) is 42.0 Å². The molecule has 0 radical (unpaired) electrons. The van der Waals surface area contributed by atoms with E-state index in [2.05, 4.69) is 42.7 Å². The number of hydrogen-bond donors (Lipinski definition) is 1. The molecule has 0 saturated carbocycles. The van der Waals surface area contributed by atoms with Crippen molar-refractivity contribution >= 4 is 43.1 Å². The van der Waals surface area contributed by atoms with Crippen LogP contribution >= 0.6 is 0 Å². The molecule has 0 atom stereocenters. The van der Waals surface area contributed by atoms with Gasteiger partial charge in [-0.25, -0.2) is 18.4 Å². The molecule has 0 amide bonds. The van der Waals surface area contributed by atoms with Gasteiger partial charge in [-0.3, -0.25) is 4.68 Å². The summed E-state index contributed by atoms with van der Waals surface area (Å²) in [5.41, 5.74) is 4.43. The summed E-state index contributed by atoms with van der Waals surface area (Å²) in [6.45, 7) is 0.692. The van der Waals surface area contributed by atoms with Gasteiger partial charge in [0.05, 0.1) is 23.8 Å². The van der Waals surface area contributed by atoms with Gasteiger partial charge in [0.15, 0.2) is 9.84 Å². The number of hydrogen-bond acceptors (Lipinski definition) is 9. The lowest BCUT2D eigenvalue weighted by atomic mass is 10.1. The number of fused-ring (bicyclic) bond motifs is 2. The van der Waals surface area contributed by atoms with E-state index in [9.17, 15) is 8.42 Å². The van der Waals surface area contributed by atoms with Gasteiger partial charge in [0.25, 0.3) is 0 Å². The highest BCUT2D eigenvalue weighted by atomic mass is 32.2. The molecule has 0 spiro atoms. The van der Waals surface area contributed by atoms with Crippen molar-refractivity contribution in [2.24, 2.45) is 0 Å². The highest BCUT2D eigenvalue weighted by Gasteiger charge is 2.15. The number of benzene rings is 3. The molecular formula is C26H21N7O3S. The third-order valence-corrected chi connectivity index (χ3v) is 6.59. The molecule has 3 heterocycles. The number of rotatable bonds is 7. The van der Waals surface area contributed by atoms with E-state index < -0.39 is 9.84 Å².